The summed E-state index contributed by atoms with van der Waals surface area (Å²) < 4.78 is 65.1. The molecule has 0 spiro atoms. The van der Waals surface area contributed by atoms with Crippen molar-refractivity contribution in [2.45, 2.75) is 24.5 Å². The molecule has 1 heterocycles. The second-order valence-electron chi connectivity index (χ2n) is 8.52. The summed E-state index contributed by atoms with van der Waals surface area (Å²) in [6.07, 6.45) is 3.25. The Hall–Kier alpha value is -3.80. The first-order valence-corrected chi connectivity index (χ1v) is 13.3. The van der Waals surface area contributed by atoms with Gasteiger partial charge in [-0.15, -0.1) is 0 Å². The first-order valence-electron chi connectivity index (χ1n) is 11.4. The molecule has 2 N–H and O–H groups in total. The normalized spacial score (nSPS) is 11.3. The fourth-order valence-corrected chi connectivity index (χ4v) is 4.67. The molecule has 3 aromatic carbocycles. The lowest BCUT2D eigenvalue weighted by molar-refractivity contribution is 0.403. The van der Waals surface area contributed by atoms with Gasteiger partial charge in [-0.05, 0) is 89.6 Å². The van der Waals surface area contributed by atoms with Gasteiger partial charge in [-0.2, -0.15) is 0 Å². The van der Waals surface area contributed by atoms with Crippen LogP contribution in [0.25, 0.3) is 0 Å². The van der Waals surface area contributed by atoms with Crippen molar-refractivity contribution in [1.29, 1.82) is 0 Å². The van der Waals surface area contributed by atoms with Gasteiger partial charge in [0.15, 0.2) is 5.11 Å². The van der Waals surface area contributed by atoms with Crippen molar-refractivity contribution in [3.8, 4) is 0 Å². The molecule has 0 radical (unpaired) electrons. The monoisotopic (exact) mass is 556 g/mol. The molecule has 4 rings (SSSR count). The van der Waals surface area contributed by atoms with Crippen molar-refractivity contribution in [1.82, 2.24) is 9.88 Å². The SMILES string of the molecule is NS(=O)(=O)c1ccc(N(Cc2ccc(F)cc2)C(=S)N(Cc2ccncc2)Cc2cc(F)cc(F)c2)cc1. The van der Waals surface area contributed by atoms with E-state index in [1.807, 2.05) is 0 Å². The van der Waals surface area contributed by atoms with E-state index in [-0.39, 0.29) is 24.5 Å². The standard InChI is InChI=1S/C27H23F3N4O2S2/c28-22-3-1-19(2-4-22)18-34(25-5-7-26(8-6-25)38(31,35)36)27(37)33(16-20-9-11-32-12-10-20)17-21-13-23(29)15-24(30)14-21/h1-15H,16-18H2,(H2,31,35,36). The van der Waals surface area contributed by atoms with Gasteiger partial charge in [0.25, 0.3) is 0 Å². The Morgan fingerprint density at radius 2 is 1.29 bits per heavy atom. The van der Waals surface area contributed by atoms with Crippen LogP contribution in [0.1, 0.15) is 16.7 Å². The van der Waals surface area contributed by atoms with E-state index in [0.29, 0.717) is 16.4 Å². The second kappa shape index (κ2) is 11.7. The van der Waals surface area contributed by atoms with E-state index >= 15 is 0 Å². The highest BCUT2D eigenvalue weighted by atomic mass is 32.2. The first-order chi connectivity index (χ1) is 18.1. The lowest BCUT2D eigenvalue weighted by atomic mass is 10.1. The van der Waals surface area contributed by atoms with Crippen molar-refractivity contribution >= 4 is 33.0 Å². The molecular formula is C27H23F3N4O2S2. The van der Waals surface area contributed by atoms with E-state index in [0.717, 1.165) is 17.2 Å². The zero-order chi connectivity index (χ0) is 27.3. The highest BCUT2D eigenvalue weighted by Gasteiger charge is 2.21. The summed E-state index contributed by atoms with van der Waals surface area (Å²) in [7, 11) is -3.92. The third-order valence-corrected chi connectivity index (χ3v) is 7.06. The van der Waals surface area contributed by atoms with Gasteiger partial charge in [-0.3, -0.25) is 4.98 Å². The van der Waals surface area contributed by atoms with Crippen LogP contribution >= 0.6 is 12.2 Å². The van der Waals surface area contributed by atoms with Gasteiger partial charge in [0, 0.05) is 37.2 Å². The zero-order valence-corrected chi connectivity index (χ0v) is 21.6. The third-order valence-electron chi connectivity index (χ3n) is 5.65. The maximum absolute atomic E-state index is 14.0. The molecule has 196 valence electrons. The van der Waals surface area contributed by atoms with Gasteiger partial charge in [0.2, 0.25) is 10.0 Å². The van der Waals surface area contributed by atoms with Gasteiger partial charge in [0.1, 0.15) is 17.5 Å². The minimum absolute atomic E-state index is 0.0715. The maximum atomic E-state index is 14.0. The largest absolute Gasteiger partial charge is 0.340 e. The van der Waals surface area contributed by atoms with Crippen LogP contribution in [0.15, 0.2) is 96.2 Å². The number of hydrogen-bond donors (Lipinski definition) is 1. The van der Waals surface area contributed by atoms with Crippen molar-refractivity contribution in [3.63, 3.8) is 0 Å². The van der Waals surface area contributed by atoms with Crippen LogP contribution in [0.5, 0.6) is 0 Å². The summed E-state index contributed by atoms with van der Waals surface area (Å²) in [5.41, 5.74) is 2.48. The summed E-state index contributed by atoms with van der Waals surface area (Å²) in [5, 5.41) is 5.54. The van der Waals surface area contributed by atoms with E-state index in [9.17, 15) is 21.6 Å². The topological polar surface area (TPSA) is 79.5 Å². The fraction of sp³-hybridized carbons (Fsp3) is 0.111. The Morgan fingerprint density at radius 1 is 0.737 bits per heavy atom. The van der Waals surface area contributed by atoms with E-state index in [1.54, 1.807) is 58.6 Å². The maximum Gasteiger partial charge on any atom is 0.238 e. The van der Waals surface area contributed by atoms with Crippen LogP contribution in [0.4, 0.5) is 18.9 Å². The molecule has 11 heteroatoms. The Labute approximate surface area is 224 Å². The molecule has 0 aliphatic rings. The minimum Gasteiger partial charge on any atom is -0.340 e. The molecule has 4 aromatic rings. The smallest absolute Gasteiger partial charge is 0.238 e. The van der Waals surface area contributed by atoms with Crippen molar-refractivity contribution < 1.29 is 21.6 Å². The van der Waals surface area contributed by atoms with Crippen LogP contribution in [0.3, 0.4) is 0 Å². The van der Waals surface area contributed by atoms with E-state index in [1.165, 1.54) is 36.4 Å². The number of benzene rings is 3. The van der Waals surface area contributed by atoms with Crippen LogP contribution in [-0.2, 0) is 29.7 Å². The van der Waals surface area contributed by atoms with Crippen LogP contribution < -0.4 is 10.0 Å². The van der Waals surface area contributed by atoms with Gasteiger partial charge in [-0.1, -0.05) is 12.1 Å². The number of aromatic nitrogens is 1. The highest BCUT2D eigenvalue weighted by Crippen LogP contribution is 2.24. The summed E-state index contributed by atoms with van der Waals surface area (Å²) in [6, 6.07) is 18.6. The van der Waals surface area contributed by atoms with Crippen molar-refractivity contribution in [2.24, 2.45) is 5.14 Å². The number of anilines is 1. The zero-order valence-electron chi connectivity index (χ0n) is 20.0. The van der Waals surface area contributed by atoms with E-state index in [4.69, 9.17) is 17.4 Å². The molecule has 0 amide bonds. The predicted octanol–water partition coefficient (Wildman–Crippen LogP) is 5.14. The Balaban J connectivity index is 1.74. The minimum atomic E-state index is -3.92. The second-order valence-corrected chi connectivity index (χ2v) is 10.4. The number of rotatable bonds is 8. The highest BCUT2D eigenvalue weighted by molar-refractivity contribution is 7.89. The lowest BCUT2D eigenvalue weighted by Gasteiger charge is -2.34. The molecule has 0 bridgehead atoms. The number of sulfonamides is 1. The van der Waals surface area contributed by atoms with E-state index in [2.05, 4.69) is 4.98 Å². The van der Waals surface area contributed by atoms with Gasteiger partial charge in [0.05, 0.1) is 11.4 Å². The summed E-state index contributed by atoms with van der Waals surface area (Å²) in [5.74, 6) is -1.82. The number of primary sulfonamides is 1. The predicted molar refractivity (Wildman–Crippen MR) is 143 cm³/mol. The molecule has 0 saturated carbocycles. The first kappa shape index (κ1) is 27.2. The molecule has 0 fully saturated rings. The summed E-state index contributed by atoms with van der Waals surface area (Å²) >= 11 is 5.91. The summed E-state index contributed by atoms with van der Waals surface area (Å²) in [6.45, 7) is 0.567. The Bertz CT molecular complexity index is 1500. The molecule has 0 atom stereocenters. The van der Waals surface area contributed by atoms with Gasteiger partial charge in [-0.25, -0.2) is 26.7 Å². The van der Waals surface area contributed by atoms with Crippen molar-refractivity contribution in [2.75, 3.05) is 4.90 Å². The number of nitrogens with zero attached hydrogens (tertiary/aromatic N) is 3. The molecule has 0 saturated heterocycles. The molecule has 38 heavy (non-hydrogen) atoms. The number of nitrogens with two attached hydrogens (primary N) is 1. The van der Waals surface area contributed by atoms with Crippen LogP contribution in [-0.4, -0.2) is 23.4 Å². The molecular weight excluding hydrogens is 533 g/mol. The molecule has 0 unspecified atom stereocenters. The van der Waals surface area contributed by atoms with Crippen LogP contribution in [0, 0.1) is 17.5 Å². The quantitative estimate of drug-likeness (QED) is 0.303. The number of pyridine rings is 1. The average molecular weight is 557 g/mol. The molecule has 6 nitrogen and oxygen atoms in total. The fourth-order valence-electron chi connectivity index (χ4n) is 3.85. The Morgan fingerprint density at radius 3 is 1.87 bits per heavy atom. The molecule has 1 aromatic heterocycles. The number of hydrogen-bond acceptors (Lipinski definition) is 4. The lowest BCUT2D eigenvalue weighted by Crippen LogP contribution is -2.42. The Kier molecular flexibility index (Phi) is 8.40. The number of thiocarbonyl (C=S) groups is 1. The van der Waals surface area contributed by atoms with Gasteiger partial charge >= 0.3 is 0 Å². The third kappa shape index (κ3) is 7.15. The molecule has 0 aliphatic heterocycles. The molecule has 0 aliphatic carbocycles. The van der Waals surface area contributed by atoms with Crippen LogP contribution in [0.2, 0.25) is 0 Å². The van der Waals surface area contributed by atoms with Gasteiger partial charge < -0.3 is 9.80 Å². The summed E-state index contributed by atoms with van der Waals surface area (Å²) in [4.78, 5) is 7.44. The average Bonchev–Trinajstić information content (AvgIpc) is 2.87. The number of halogens is 3. The van der Waals surface area contributed by atoms with Crippen molar-refractivity contribution in [3.05, 3.63) is 125 Å². The van der Waals surface area contributed by atoms with E-state index < -0.39 is 27.5 Å².